The summed E-state index contributed by atoms with van der Waals surface area (Å²) in [5, 5.41) is 3.37. The number of nitrogens with one attached hydrogen (secondary N) is 1. The van der Waals surface area contributed by atoms with E-state index >= 15 is 0 Å². The molecule has 4 heterocycles. The van der Waals surface area contributed by atoms with Gasteiger partial charge in [-0.3, -0.25) is 9.69 Å². The highest BCUT2D eigenvalue weighted by molar-refractivity contribution is 7.99. The van der Waals surface area contributed by atoms with Crippen LogP contribution in [-0.4, -0.2) is 88.7 Å². The molecule has 3 aliphatic heterocycles. The number of amides is 1. The zero-order chi connectivity index (χ0) is 23.7. The zero-order valence-electron chi connectivity index (χ0n) is 19.5. The Hall–Kier alpha value is -1.79. The van der Waals surface area contributed by atoms with E-state index in [-0.39, 0.29) is 54.4 Å². The first-order valence-corrected chi connectivity index (χ1v) is 12.6. The molecule has 0 spiro atoms. The highest BCUT2D eigenvalue weighted by Gasteiger charge is 2.38. The molecule has 1 aromatic heterocycles. The highest BCUT2D eigenvalue weighted by atomic mass is 35.5. The van der Waals surface area contributed by atoms with Crippen LogP contribution in [0.15, 0.2) is 36.4 Å². The lowest BCUT2D eigenvalue weighted by atomic mass is 10.1. The molecule has 0 aliphatic carbocycles. The van der Waals surface area contributed by atoms with Crippen molar-refractivity contribution in [1.29, 1.82) is 0 Å². The van der Waals surface area contributed by atoms with E-state index in [9.17, 15) is 18.0 Å². The van der Waals surface area contributed by atoms with Crippen LogP contribution in [0.3, 0.4) is 0 Å². The van der Waals surface area contributed by atoms with Gasteiger partial charge in [0.05, 0.1) is 17.6 Å². The molecule has 3 saturated heterocycles. The van der Waals surface area contributed by atoms with Gasteiger partial charge in [-0.25, -0.2) is 9.97 Å². The number of anilines is 1. The molecule has 0 bridgehead atoms. The summed E-state index contributed by atoms with van der Waals surface area (Å²) in [6.45, 7) is 4.00. The van der Waals surface area contributed by atoms with Gasteiger partial charge in [-0.2, -0.15) is 13.2 Å². The summed E-state index contributed by atoms with van der Waals surface area (Å²) in [5.41, 5.74) is -0.0404. The summed E-state index contributed by atoms with van der Waals surface area (Å²) in [6.07, 6.45) is -3.79. The third-order valence-electron chi connectivity index (χ3n) is 6.66. The third-order valence-corrected chi connectivity index (χ3v) is 7.62. The summed E-state index contributed by atoms with van der Waals surface area (Å²) in [5.74, 6) is 2.05. The molecule has 1 amide bonds. The average molecular weight is 565 g/mol. The number of alkyl halides is 3. The van der Waals surface area contributed by atoms with Crippen molar-refractivity contribution < 1.29 is 18.0 Å². The summed E-state index contributed by atoms with van der Waals surface area (Å²) in [4.78, 5) is 27.1. The van der Waals surface area contributed by atoms with Crippen LogP contribution in [0.1, 0.15) is 12.1 Å². The van der Waals surface area contributed by atoms with E-state index in [1.165, 1.54) is 0 Å². The molecule has 3 aliphatic rings. The Morgan fingerprint density at radius 2 is 1.75 bits per heavy atom. The van der Waals surface area contributed by atoms with E-state index in [4.69, 9.17) is 0 Å². The SMILES string of the molecule is Cl.Cl.O=C([C@@H]1C[C@H](N2CCN(c3nc(-c4ccccc4)cc(C(F)(F)F)n3)CC2)CN1)N1CCSC1. The first kappa shape index (κ1) is 28.8. The molecule has 0 unspecified atom stereocenters. The van der Waals surface area contributed by atoms with Crippen molar-refractivity contribution in [3.05, 3.63) is 42.1 Å². The largest absolute Gasteiger partial charge is 0.433 e. The van der Waals surface area contributed by atoms with Crippen LogP contribution < -0.4 is 10.2 Å². The maximum absolute atomic E-state index is 13.6. The standard InChI is InChI=1S/C23H27F3N6OS.2ClH/c24-23(25,26)20-13-18(16-4-2-1-3-5-16)28-22(29-20)31-8-6-30(7-9-31)17-12-19(27-14-17)21(33)32-10-11-34-15-32;;/h1-5,13,17,19,27H,6-12,14-15H2;2*1H/t17-,19-;;/m0../s1. The van der Waals surface area contributed by atoms with Crippen LogP contribution >= 0.6 is 36.6 Å². The molecule has 13 heteroatoms. The Kier molecular flexibility index (Phi) is 9.73. The van der Waals surface area contributed by atoms with Crippen LogP contribution in [0, 0.1) is 0 Å². The lowest BCUT2D eigenvalue weighted by Crippen LogP contribution is -2.51. The lowest BCUT2D eigenvalue weighted by Gasteiger charge is -2.38. The fraction of sp³-hybridized carbons (Fsp3) is 0.522. The van der Waals surface area contributed by atoms with E-state index in [0.717, 1.165) is 37.2 Å². The van der Waals surface area contributed by atoms with Crippen molar-refractivity contribution in [2.24, 2.45) is 0 Å². The van der Waals surface area contributed by atoms with Gasteiger partial charge in [-0.15, -0.1) is 36.6 Å². The van der Waals surface area contributed by atoms with Crippen molar-refractivity contribution in [2.45, 2.75) is 24.7 Å². The zero-order valence-corrected chi connectivity index (χ0v) is 21.9. The second kappa shape index (κ2) is 12.2. The van der Waals surface area contributed by atoms with Crippen molar-refractivity contribution in [2.75, 3.05) is 55.8 Å². The Morgan fingerprint density at radius 1 is 1.03 bits per heavy atom. The second-order valence-corrected chi connectivity index (χ2v) is 9.89. The maximum atomic E-state index is 13.6. The number of halogens is 5. The highest BCUT2D eigenvalue weighted by Crippen LogP contribution is 2.32. The number of rotatable bonds is 4. The third kappa shape index (κ3) is 6.36. The normalized spacial score (nSPS) is 22.8. The van der Waals surface area contributed by atoms with Gasteiger partial charge in [0.2, 0.25) is 11.9 Å². The number of thioether (sulfide) groups is 1. The van der Waals surface area contributed by atoms with Crippen molar-refractivity contribution in [3.63, 3.8) is 0 Å². The number of nitrogens with zero attached hydrogens (tertiary/aromatic N) is 5. The van der Waals surface area contributed by atoms with Gasteiger partial charge in [-0.05, 0) is 12.5 Å². The van der Waals surface area contributed by atoms with Crippen molar-refractivity contribution >= 4 is 48.4 Å². The number of hydrogen-bond donors (Lipinski definition) is 1. The molecule has 36 heavy (non-hydrogen) atoms. The smallest absolute Gasteiger partial charge is 0.338 e. The van der Waals surface area contributed by atoms with E-state index < -0.39 is 11.9 Å². The number of carbonyl (C=O) groups is 1. The predicted molar refractivity (Wildman–Crippen MR) is 140 cm³/mol. The molecule has 0 saturated carbocycles. The quantitative estimate of drug-likeness (QED) is 0.610. The number of hydrogen-bond acceptors (Lipinski definition) is 7. The predicted octanol–water partition coefficient (Wildman–Crippen LogP) is 3.39. The van der Waals surface area contributed by atoms with Crippen LogP contribution in [0.25, 0.3) is 11.3 Å². The van der Waals surface area contributed by atoms with E-state index in [2.05, 4.69) is 20.2 Å². The molecular weight excluding hydrogens is 536 g/mol. The maximum Gasteiger partial charge on any atom is 0.433 e. The molecule has 2 aromatic rings. The van der Waals surface area contributed by atoms with Gasteiger partial charge in [0, 0.05) is 56.6 Å². The molecule has 3 fully saturated rings. The summed E-state index contributed by atoms with van der Waals surface area (Å²) in [6, 6.07) is 9.96. The van der Waals surface area contributed by atoms with Gasteiger partial charge < -0.3 is 15.1 Å². The Balaban J connectivity index is 0.00000180. The Labute approximate surface area is 225 Å². The number of aromatic nitrogens is 2. The van der Waals surface area contributed by atoms with Crippen LogP contribution in [-0.2, 0) is 11.0 Å². The van der Waals surface area contributed by atoms with E-state index in [1.54, 1.807) is 36.0 Å². The van der Waals surface area contributed by atoms with Crippen molar-refractivity contribution in [1.82, 2.24) is 25.1 Å². The number of carbonyl (C=O) groups excluding carboxylic acids is 1. The first-order chi connectivity index (χ1) is 16.4. The minimum atomic E-state index is -4.55. The lowest BCUT2D eigenvalue weighted by molar-refractivity contribution is -0.141. The van der Waals surface area contributed by atoms with Gasteiger partial charge >= 0.3 is 6.18 Å². The minimum absolute atomic E-state index is 0. The minimum Gasteiger partial charge on any atom is -0.338 e. The molecule has 7 nitrogen and oxygen atoms in total. The van der Waals surface area contributed by atoms with E-state index in [0.29, 0.717) is 31.7 Å². The number of piperazine rings is 1. The number of benzene rings is 1. The fourth-order valence-electron chi connectivity index (χ4n) is 4.76. The van der Waals surface area contributed by atoms with Gasteiger partial charge in [0.1, 0.15) is 0 Å². The molecule has 1 N–H and O–H groups in total. The summed E-state index contributed by atoms with van der Waals surface area (Å²) >= 11 is 1.78. The van der Waals surface area contributed by atoms with Crippen LogP contribution in [0.4, 0.5) is 19.1 Å². The van der Waals surface area contributed by atoms with Crippen LogP contribution in [0.5, 0.6) is 0 Å². The molecule has 2 atom stereocenters. The molecule has 198 valence electrons. The molecule has 0 radical (unpaired) electrons. The van der Waals surface area contributed by atoms with Crippen molar-refractivity contribution in [3.8, 4) is 11.3 Å². The topological polar surface area (TPSA) is 64.6 Å². The molecule has 5 rings (SSSR count). The Morgan fingerprint density at radius 3 is 2.39 bits per heavy atom. The van der Waals surface area contributed by atoms with Gasteiger partial charge in [-0.1, -0.05) is 30.3 Å². The molecule has 1 aromatic carbocycles. The summed E-state index contributed by atoms with van der Waals surface area (Å²) < 4.78 is 40.7. The monoisotopic (exact) mass is 564 g/mol. The van der Waals surface area contributed by atoms with Crippen LogP contribution in [0.2, 0.25) is 0 Å². The van der Waals surface area contributed by atoms with Gasteiger partial charge in [0.25, 0.3) is 0 Å². The second-order valence-electron chi connectivity index (χ2n) is 8.81. The fourth-order valence-corrected chi connectivity index (χ4v) is 5.71. The van der Waals surface area contributed by atoms with Gasteiger partial charge in [0.15, 0.2) is 5.69 Å². The molecular formula is C23H29Cl2F3N6OS. The first-order valence-electron chi connectivity index (χ1n) is 11.5. The van der Waals surface area contributed by atoms with E-state index in [1.807, 2.05) is 15.9 Å². The summed E-state index contributed by atoms with van der Waals surface area (Å²) in [7, 11) is 0. The Bertz CT molecular complexity index is 1020. The average Bonchev–Trinajstić information content (AvgIpc) is 3.56.